The van der Waals surface area contributed by atoms with E-state index in [1.807, 2.05) is 36.2 Å². The number of amides is 3. The molecule has 8 heteroatoms. The average molecular weight is 546 g/mol. The van der Waals surface area contributed by atoms with Crippen LogP contribution in [-0.4, -0.2) is 72.8 Å². The second kappa shape index (κ2) is 12.4. The van der Waals surface area contributed by atoms with Gasteiger partial charge in [-0.1, -0.05) is 31.7 Å². The number of piperidine rings is 1. The lowest BCUT2D eigenvalue weighted by atomic mass is 9.99. The third kappa shape index (κ3) is 6.31. The molecule has 5 rings (SSSR count). The van der Waals surface area contributed by atoms with Gasteiger partial charge in [0.15, 0.2) is 0 Å². The van der Waals surface area contributed by atoms with E-state index in [1.54, 1.807) is 20.3 Å². The van der Waals surface area contributed by atoms with E-state index < -0.39 is 0 Å². The second-order valence-corrected chi connectivity index (χ2v) is 12.0. The van der Waals surface area contributed by atoms with Crippen LogP contribution in [0.15, 0.2) is 36.5 Å². The molecule has 0 bridgehead atoms. The molecule has 1 saturated heterocycles. The molecule has 1 atom stereocenters. The van der Waals surface area contributed by atoms with Crippen LogP contribution in [0.1, 0.15) is 95.8 Å². The highest BCUT2D eigenvalue weighted by molar-refractivity contribution is 5.95. The third-order valence-corrected chi connectivity index (χ3v) is 9.13. The Morgan fingerprint density at radius 3 is 2.42 bits per heavy atom. The summed E-state index contributed by atoms with van der Waals surface area (Å²) in [5.74, 6) is 0.768. The summed E-state index contributed by atoms with van der Waals surface area (Å²) in [6, 6.07) is 9.96. The minimum atomic E-state index is -0.109. The molecule has 2 heterocycles. The van der Waals surface area contributed by atoms with Gasteiger partial charge in [0.25, 0.3) is 11.8 Å². The van der Waals surface area contributed by atoms with Crippen LogP contribution in [0.4, 0.5) is 5.69 Å². The van der Waals surface area contributed by atoms with Gasteiger partial charge in [-0.25, -0.2) is 0 Å². The summed E-state index contributed by atoms with van der Waals surface area (Å²) in [6.45, 7) is 1.61. The zero-order chi connectivity index (χ0) is 28.2. The third-order valence-electron chi connectivity index (χ3n) is 9.13. The lowest BCUT2D eigenvalue weighted by molar-refractivity contribution is -0.122. The molecule has 2 aromatic rings. The molecule has 3 aliphatic rings. The number of carbonyl (C=O) groups is 3. The van der Waals surface area contributed by atoms with Gasteiger partial charge in [-0.3, -0.25) is 19.4 Å². The molecule has 214 valence electrons. The smallest absolute Gasteiger partial charge is 0.272 e. The van der Waals surface area contributed by atoms with Gasteiger partial charge in [0.1, 0.15) is 5.69 Å². The van der Waals surface area contributed by atoms with Gasteiger partial charge in [0.2, 0.25) is 5.91 Å². The van der Waals surface area contributed by atoms with E-state index in [1.165, 1.54) is 36.1 Å². The molecule has 40 heavy (non-hydrogen) atoms. The van der Waals surface area contributed by atoms with Crippen molar-refractivity contribution in [3.05, 3.63) is 58.9 Å². The van der Waals surface area contributed by atoms with Crippen LogP contribution >= 0.6 is 0 Å². The first-order valence-corrected chi connectivity index (χ1v) is 14.9. The number of aromatic nitrogens is 1. The molecule has 1 aromatic heterocycles. The average Bonchev–Trinajstić information content (AvgIpc) is 3.65. The van der Waals surface area contributed by atoms with Crippen molar-refractivity contribution in [3.8, 4) is 0 Å². The van der Waals surface area contributed by atoms with E-state index in [2.05, 4.69) is 21.3 Å². The Labute approximate surface area is 238 Å². The molecule has 2 fully saturated rings. The van der Waals surface area contributed by atoms with E-state index in [4.69, 9.17) is 0 Å². The molecule has 1 N–H and O–H groups in total. The van der Waals surface area contributed by atoms with Crippen molar-refractivity contribution in [2.24, 2.45) is 5.92 Å². The number of benzene rings is 1. The second-order valence-electron chi connectivity index (χ2n) is 12.0. The fourth-order valence-corrected chi connectivity index (χ4v) is 6.63. The zero-order valence-corrected chi connectivity index (χ0v) is 24.2. The van der Waals surface area contributed by atoms with Crippen molar-refractivity contribution in [2.45, 2.75) is 76.3 Å². The van der Waals surface area contributed by atoms with E-state index in [0.29, 0.717) is 23.6 Å². The minimum absolute atomic E-state index is 0.00277. The van der Waals surface area contributed by atoms with Gasteiger partial charge in [0, 0.05) is 64.1 Å². The summed E-state index contributed by atoms with van der Waals surface area (Å²) in [7, 11) is 5.35. The van der Waals surface area contributed by atoms with E-state index in [0.717, 1.165) is 56.4 Å². The van der Waals surface area contributed by atoms with Crippen LogP contribution in [0.2, 0.25) is 0 Å². The summed E-state index contributed by atoms with van der Waals surface area (Å²) in [6.07, 6.45) is 11.9. The Bertz CT molecular complexity index is 1230. The maximum atomic E-state index is 13.5. The fourth-order valence-electron chi connectivity index (χ4n) is 6.63. The highest BCUT2D eigenvalue weighted by Gasteiger charge is 2.29. The van der Waals surface area contributed by atoms with E-state index in [-0.39, 0.29) is 29.8 Å². The number of hydrogen-bond donors (Lipinski definition) is 1. The summed E-state index contributed by atoms with van der Waals surface area (Å²) < 4.78 is 0. The van der Waals surface area contributed by atoms with Crippen molar-refractivity contribution in [3.63, 3.8) is 0 Å². The summed E-state index contributed by atoms with van der Waals surface area (Å²) in [5, 5.41) is 3.26. The Morgan fingerprint density at radius 1 is 0.950 bits per heavy atom. The number of anilines is 1. The highest BCUT2D eigenvalue weighted by atomic mass is 16.2. The van der Waals surface area contributed by atoms with Crippen LogP contribution in [0.25, 0.3) is 0 Å². The van der Waals surface area contributed by atoms with Gasteiger partial charge >= 0.3 is 0 Å². The number of fused-ring (bicyclic) bond motifs is 1. The normalized spacial score (nSPS) is 19.4. The van der Waals surface area contributed by atoms with Crippen LogP contribution in [-0.2, 0) is 11.2 Å². The standard InChI is InChI=1S/C32H43N5O3/c1-35(2)32(40)29-21-26(14-17-33-29)37-18-15-25(16-19-37)36(3)31(39)24-10-9-23-11-12-28(27(23)20-24)34-30(38)13-8-22-6-4-5-7-22/h9-10,14,17,20-22,25,28H,4-8,11-13,15-16,18-19H2,1-3H3,(H,34,38). The summed E-state index contributed by atoms with van der Waals surface area (Å²) >= 11 is 0. The fraction of sp³-hybridized carbons (Fsp3) is 0.562. The number of aryl methyl sites for hydroxylation is 1. The first kappa shape index (κ1) is 28.1. The molecule has 8 nitrogen and oxygen atoms in total. The van der Waals surface area contributed by atoms with Gasteiger partial charge in [-0.05, 0) is 73.4 Å². The first-order chi connectivity index (χ1) is 19.3. The van der Waals surface area contributed by atoms with Gasteiger partial charge < -0.3 is 20.0 Å². The van der Waals surface area contributed by atoms with Crippen molar-refractivity contribution in [1.82, 2.24) is 20.1 Å². The number of nitrogens with one attached hydrogen (secondary N) is 1. The number of rotatable bonds is 8. The van der Waals surface area contributed by atoms with Crippen molar-refractivity contribution < 1.29 is 14.4 Å². The molecular weight excluding hydrogens is 502 g/mol. The predicted molar refractivity (Wildman–Crippen MR) is 156 cm³/mol. The molecule has 1 aliphatic heterocycles. The molecule has 1 aromatic carbocycles. The first-order valence-electron chi connectivity index (χ1n) is 14.9. The van der Waals surface area contributed by atoms with Crippen molar-refractivity contribution in [2.75, 3.05) is 39.1 Å². The highest BCUT2D eigenvalue weighted by Crippen LogP contribution is 2.33. The van der Waals surface area contributed by atoms with Crippen LogP contribution in [0.5, 0.6) is 0 Å². The van der Waals surface area contributed by atoms with Crippen LogP contribution in [0, 0.1) is 5.92 Å². The number of hydrogen-bond acceptors (Lipinski definition) is 5. The minimum Gasteiger partial charge on any atom is -0.371 e. The zero-order valence-electron chi connectivity index (χ0n) is 24.2. The van der Waals surface area contributed by atoms with E-state index >= 15 is 0 Å². The van der Waals surface area contributed by atoms with Gasteiger partial charge in [-0.15, -0.1) is 0 Å². The molecule has 0 radical (unpaired) electrons. The lowest BCUT2D eigenvalue weighted by Crippen LogP contribution is -2.45. The maximum Gasteiger partial charge on any atom is 0.272 e. The van der Waals surface area contributed by atoms with Crippen molar-refractivity contribution >= 4 is 23.4 Å². The molecule has 0 spiro atoms. The largest absolute Gasteiger partial charge is 0.371 e. The molecule has 1 saturated carbocycles. The van der Waals surface area contributed by atoms with Crippen LogP contribution in [0.3, 0.4) is 0 Å². The van der Waals surface area contributed by atoms with Gasteiger partial charge in [0.05, 0.1) is 6.04 Å². The maximum absolute atomic E-state index is 13.5. The Morgan fingerprint density at radius 2 is 1.70 bits per heavy atom. The van der Waals surface area contributed by atoms with E-state index in [9.17, 15) is 14.4 Å². The Kier molecular flexibility index (Phi) is 8.72. The molecule has 2 aliphatic carbocycles. The topological polar surface area (TPSA) is 85.9 Å². The lowest BCUT2D eigenvalue weighted by Gasteiger charge is -2.38. The SMILES string of the molecule is CN(C)C(=O)c1cc(N2CCC(N(C)C(=O)c3ccc4c(c3)C(NC(=O)CCC3CCCC3)CC4)CC2)ccn1. The van der Waals surface area contributed by atoms with Crippen molar-refractivity contribution in [1.29, 1.82) is 0 Å². The van der Waals surface area contributed by atoms with Crippen LogP contribution < -0.4 is 10.2 Å². The molecule has 1 unspecified atom stereocenters. The van der Waals surface area contributed by atoms with Gasteiger partial charge in [-0.2, -0.15) is 0 Å². The quantitative estimate of drug-likeness (QED) is 0.524. The molecule has 3 amide bonds. The monoisotopic (exact) mass is 545 g/mol. The summed E-state index contributed by atoms with van der Waals surface area (Å²) in [5.41, 5.74) is 4.46. The Balaban J connectivity index is 1.17. The predicted octanol–water partition coefficient (Wildman–Crippen LogP) is 4.60. The number of carbonyl (C=O) groups excluding carboxylic acids is 3. The molecular formula is C32H43N5O3. The Hall–Kier alpha value is -3.42. The number of pyridine rings is 1. The number of nitrogens with zero attached hydrogens (tertiary/aromatic N) is 4. The summed E-state index contributed by atoms with van der Waals surface area (Å²) in [4.78, 5) is 48.5.